The standard InChI is InChI=1S/C30H37N3O3/c34-30(20-27-26-4-1-2-6-29(26)36-32-27)31-23-10-8-21(9-11-23)12-16-33-17-13-22(14-18-33)24-5-3-7-28-25(24)15-19-35-28/h1-7,21-23H,8-20H2,(H,31,34). The minimum atomic E-state index is 0.0518. The molecule has 2 aromatic carbocycles. The van der Waals surface area contributed by atoms with Crippen LogP contribution in [0.2, 0.25) is 0 Å². The number of nitrogens with one attached hydrogen (secondary N) is 1. The van der Waals surface area contributed by atoms with Crippen LogP contribution >= 0.6 is 0 Å². The molecule has 1 aromatic heterocycles. The van der Waals surface area contributed by atoms with Crippen LogP contribution in [0.3, 0.4) is 0 Å². The largest absolute Gasteiger partial charge is 0.493 e. The van der Waals surface area contributed by atoms with Crippen LogP contribution in [0.15, 0.2) is 47.0 Å². The van der Waals surface area contributed by atoms with Crippen LogP contribution in [0, 0.1) is 5.92 Å². The second-order valence-electron chi connectivity index (χ2n) is 10.9. The van der Waals surface area contributed by atoms with Gasteiger partial charge in [0.15, 0.2) is 5.58 Å². The molecule has 1 saturated carbocycles. The van der Waals surface area contributed by atoms with Gasteiger partial charge < -0.3 is 19.5 Å². The number of fused-ring (bicyclic) bond motifs is 2. The first-order valence-corrected chi connectivity index (χ1v) is 13.8. The molecule has 1 saturated heterocycles. The third-order valence-electron chi connectivity index (χ3n) is 8.65. The van der Waals surface area contributed by atoms with Gasteiger partial charge in [-0.25, -0.2) is 0 Å². The fraction of sp³-hybridized carbons (Fsp3) is 0.533. The van der Waals surface area contributed by atoms with E-state index in [-0.39, 0.29) is 12.3 Å². The zero-order valence-electron chi connectivity index (χ0n) is 21.1. The molecule has 3 heterocycles. The van der Waals surface area contributed by atoms with Crippen molar-refractivity contribution >= 4 is 16.9 Å². The Labute approximate surface area is 213 Å². The summed E-state index contributed by atoms with van der Waals surface area (Å²) in [6.45, 7) is 4.47. The fourth-order valence-corrected chi connectivity index (χ4v) is 6.56. The molecule has 6 heteroatoms. The Bertz CT molecular complexity index is 1190. The van der Waals surface area contributed by atoms with Gasteiger partial charge in [0, 0.05) is 23.4 Å². The summed E-state index contributed by atoms with van der Waals surface area (Å²) >= 11 is 0. The van der Waals surface area contributed by atoms with Crippen LogP contribution in [0.4, 0.5) is 0 Å². The van der Waals surface area contributed by atoms with Gasteiger partial charge in [-0.05, 0) is 100 Å². The van der Waals surface area contributed by atoms with E-state index >= 15 is 0 Å². The number of para-hydroxylation sites is 1. The van der Waals surface area contributed by atoms with Gasteiger partial charge in [0.1, 0.15) is 11.4 Å². The smallest absolute Gasteiger partial charge is 0.226 e. The molecule has 3 aliphatic rings. The molecule has 0 atom stereocenters. The first-order valence-electron chi connectivity index (χ1n) is 13.8. The maximum Gasteiger partial charge on any atom is 0.226 e. The van der Waals surface area contributed by atoms with Crippen molar-refractivity contribution in [2.75, 3.05) is 26.2 Å². The minimum absolute atomic E-state index is 0.0518. The van der Waals surface area contributed by atoms with Crippen molar-refractivity contribution in [3.05, 3.63) is 59.3 Å². The van der Waals surface area contributed by atoms with Crippen LogP contribution in [-0.2, 0) is 17.6 Å². The zero-order valence-corrected chi connectivity index (χ0v) is 21.1. The van der Waals surface area contributed by atoms with Crippen molar-refractivity contribution < 1.29 is 14.1 Å². The van der Waals surface area contributed by atoms with Crippen molar-refractivity contribution in [2.24, 2.45) is 5.92 Å². The number of carbonyl (C=O) groups is 1. The lowest BCUT2D eigenvalue weighted by Crippen LogP contribution is -2.39. The van der Waals surface area contributed by atoms with Gasteiger partial charge in [-0.15, -0.1) is 0 Å². The van der Waals surface area contributed by atoms with Crippen molar-refractivity contribution in [3.63, 3.8) is 0 Å². The van der Waals surface area contributed by atoms with E-state index < -0.39 is 0 Å². The van der Waals surface area contributed by atoms with E-state index in [2.05, 4.69) is 33.6 Å². The van der Waals surface area contributed by atoms with Gasteiger partial charge in [0.2, 0.25) is 5.91 Å². The molecule has 6 rings (SSSR count). The molecule has 0 radical (unpaired) electrons. The molecular weight excluding hydrogens is 450 g/mol. The molecule has 190 valence electrons. The maximum absolute atomic E-state index is 12.6. The average Bonchev–Trinajstić information content (AvgIpc) is 3.56. The third-order valence-corrected chi connectivity index (χ3v) is 8.65. The third kappa shape index (κ3) is 5.15. The second-order valence-corrected chi connectivity index (χ2v) is 10.9. The molecular formula is C30H37N3O3. The number of likely N-dealkylation sites (tertiary alicyclic amines) is 1. The Hall–Kier alpha value is -2.86. The Morgan fingerprint density at radius 1 is 1.00 bits per heavy atom. The summed E-state index contributed by atoms with van der Waals surface area (Å²) < 4.78 is 11.1. The van der Waals surface area contributed by atoms with E-state index in [0.29, 0.717) is 12.0 Å². The highest BCUT2D eigenvalue weighted by molar-refractivity contribution is 5.86. The summed E-state index contributed by atoms with van der Waals surface area (Å²) in [6.07, 6.45) is 9.75. The molecule has 36 heavy (non-hydrogen) atoms. The molecule has 1 aliphatic carbocycles. The quantitative estimate of drug-likeness (QED) is 0.493. The van der Waals surface area contributed by atoms with Crippen LogP contribution in [0.1, 0.15) is 67.7 Å². The number of amides is 1. The summed E-state index contributed by atoms with van der Waals surface area (Å²) in [6, 6.07) is 14.6. The number of carbonyl (C=O) groups excluding carboxylic acids is 1. The van der Waals surface area contributed by atoms with Crippen molar-refractivity contribution in [3.8, 4) is 5.75 Å². The normalized spacial score (nSPS) is 22.9. The molecule has 0 spiro atoms. The fourth-order valence-electron chi connectivity index (χ4n) is 6.56. The number of aromatic nitrogens is 1. The van der Waals surface area contributed by atoms with E-state index in [1.54, 1.807) is 5.56 Å². The van der Waals surface area contributed by atoms with Gasteiger partial charge in [-0.3, -0.25) is 4.79 Å². The predicted octanol–water partition coefficient (Wildman–Crippen LogP) is 5.25. The summed E-state index contributed by atoms with van der Waals surface area (Å²) in [5.74, 6) is 2.64. The zero-order chi connectivity index (χ0) is 24.3. The number of nitrogens with zero attached hydrogens (tertiary/aromatic N) is 2. The van der Waals surface area contributed by atoms with E-state index in [9.17, 15) is 4.79 Å². The first-order chi connectivity index (χ1) is 17.7. The molecule has 2 aliphatic heterocycles. The van der Waals surface area contributed by atoms with Crippen molar-refractivity contribution in [1.82, 2.24) is 15.4 Å². The number of hydrogen-bond donors (Lipinski definition) is 1. The Morgan fingerprint density at radius 2 is 1.83 bits per heavy atom. The minimum Gasteiger partial charge on any atom is -0.493 e. The topological polar surface area (TPSA) is 67.6 Å². The first kappa shape index (κ1) is 23.5. The number of ether oxygens (including phenoxy) is 1. The van der Waals surface area contributed by atoms with Crippen LogP contribution in [-0.4, -0.2) is 48.2 Å². The van der Waals surface area contributed by atoms with E-state index in [1.165, 1.54) is 57.3 Å². The Balaban J connectivity index is 0.907. The van der Waals surface area contributed by atoms with Crippen LogP contribution in [0.5, 0.6) is 5.75 Å². The maximum atomic E-state index is 12.6. The van der Waals surface area contributed by atoms with E-state index in [0.717, 1.165) is 54.2 Å². The summed E-state index contributed by atoms with van der Waals surface area (Å²) in [4.78, 5) is 15.3. The second kappa shape index (κ2) is 10.6. The average molecular weight is 488 g/mol. The molecule has 6 nitrogen and oxygen atoms in total. The predicted molar refractivity (Wildman–Crippen MR) is 140 cm³/mol. The molecule has 1 amide bonds. The van der Waals surface area contributed by atoms with E-state index in [4.69, 9.17) is 9.26 Å². The molecule has 3 aromatic rings. The van der Waals surface area contributed by atoms with Gasteiger partial charge in [-0.2, -0.15) is 0 Å². The summed E-state index contributed by atoms with van der Waals surface area (Å²) in [7, 11) is 0. The van der Waals surface area contributed by atoms with Crippen LogP contribution < -0.4 is 10.1 Å². The Kier molecular flexibility index (Phi) is 6.95. The number of hydrogen-bond acceptors (Lipinski definition) is 5. The molecule has 2 fully saturated rings. The van der Waals surface area contributed by atoms with Crippen molar-refractivity contribution in [2.45, 2.75) is 69.7 Å². The number of rotatable bonds is 7. The highest BCUT2D eigenvalue weighted by Gasteiger charge is 2.27. The molecule has 0 bridgehead atoms. The Morgan fingerprint density at radius 3 is 2.69 bits per heavy atom. The molecule has 1 N–H and O–H groups in total. The SMILES string of the molecule is O=C(Cc1noc2ccccc12)NC1CCC(CCN2CCC(c3cccc4c3CCO4)CC2)CC1. The highest BCUT2D eigenvalue weighted by Crippen LogP contribution is 2.37. The lowest BCUT2D eigenvalue weighted by atomic mass is 9.83. The summed E-state index contributed by atoms with van der Waals surface area (Å²) in [5.41, 5.74) is 4.48. The van der Waals surface area contributed by atoms with Gasteiger partial charge in [-0.1, -0.05) is 29.4 Å². The van der Waals surface area contributed by atoms with E-state index in [1.807, 2.05) is 24.3 Å². The lowest BCUT2D eigenvalue weighted by molar-refractivity contribution is -0.121. The highest BCUT2D eigenvalue weighted by atomic mass is 16.5. The van der Waals surface area contributed by atoms with Crippen LogP contribution in [0.25, 0.3) is 11.0 Å². The monoisotopic (exact) mass is 487 g/mol. The van der Waals surface area contributed by atoms with Gasteiger partial charge in [0.25, 0.3) is 0 Å². The van der Waals surface area contributed by atoms with Gasteiger partial charge >= 0.3 is 0 Å². The number of benzene rings is 2. The number of piperidine rings is 1. The lowest BCUT2D eigenvalue weighted by Gasteiger charge is -2.35. The molecule has 0 unspecified atom stereocenters. The van der Waals surface area contributed by atoms with Crippen molar-refractivity contribution in [1.29, 1.82) is 0 Å². The summed E-state index contributed by atoms with van der Waals surface area (Å²) in [5, 5.41) is 8.28. The van der Waals surface area contributed by atoms with Gasteiger partial charge in [0.05, 0.1) is 13.0 Å².